The summed E-state index contributed by atoms with van der Waals surface area (Å²) < 4.78 is 2.44. The maximum Gasteiger partial charge on any atom is 0.200 e. The molecule has 0 aliphatic carbocycles. The molecule has 1 aromatic heterocycles. The summed E-state index contributed by atoms with van der Waals surface area (Å²) in [5.41, 5.74) is 4.02. The number of hydrogen-bond acceptors (Lipinski definition) is 3. The third-order valence-corrected chi connectivity index (χ3v) is 3.69. The summed E-state index contributed by atoms with van der Waals surface area (Å²) in [7, 11) is 0. The number of aromatic amines is 1. The molecule has 0 aliphatic rings. The molecule has 21 heavy (non-hydrogen) atoms. The maximum absolute atomic E-state index is 9.55. The first-order chi connectivity index (χ1) is 10.1. The second-order valence-electron chi connectivity index (χ2n) is 5.02. The van der Waals surface area contributed by atoms with Crippen LogP contribution in [0.1, 0.15) is 11.1 Å². The Balaban J connectivity index is 2.21. The van der Waals surface area contributed by atoms with Crippen molar-refractivity contribution in [3.8, 4) is 22.8 Å². The average Bonchev–Trinajstić information content (AvgIpc) is 2.82. The molecule has 0 bridgehead atoms. The van der Waals surface area contributed by atoms with Crippen LogP contribution in [0.5, 0.6) is 5.75 Å². The SMILES string of the molecule is Cc1ccc(-n2c(-c3ccc(O)cc3C)n[nH]c2=S)cc1. The van der Waals surface area contributed by atoms with Gasteiger partial charge in [-0.25, -0.2) is 0 Å². The topological polar surface area (TPSA) is 53.8 Å². The van der Waals surface area contributed by atoms with Gasteiger partial charge in [0.1, 0.15) is 5.75 Å². The molecule has 0 saturated heterocycles. The Morgan fingerprint density at radius 3 is 2.48 bits per heavy atom. The molecule has 3 aromatic rings. The lowest BCUT2D eigenvalue weighted by Crippen LogP contribution is -1.99. The Morgan fingerprint density at radius 2 is 1.81 bits per heavy atom. The standard InChI is InChI=1S/C16H15N3OS/c1-10-3-5-12(6-4-10)19-15(17-18-16(19)21)14-8-7-13(20)9-11(14)2/h3-9,20H,1-2H3,(H,18,21). The normalized spacial score (nSPS) is 10.8. The number of phenolic OH excluding ortho intramolecular Hbond substituents is 1. The van der Waals surface area contributed by atoms with Gasteiger partial charge in [-0.1, -0.05) is 17.7 Å². The van der Waals surface area contributed by atoms with E-state index in [2.05, 4.69) is 10.2 Å². The van der Waals surface area contributed by atoms with Gasteiger partial charge in [-0.15, -0.1) is 0 Å². The quantitative estimate of drug-likeness (QED) is 0.705. The molecule has 2 N–H and O–H groups in total. The van der Waals surface area contributed by atoms with Gasteiger partial charge in [0.25, 0.3) is 0 Å². The van der Waals surface area contributed by atoms with Gasteiger partial charge in [-0.05, 0) is 62.0 Å². The van der Waals surface area contributed by atoms with Crippen LogP contribution in [-0.4, -0.2) is 19.9 Å². The van der Waals surface area contributed by atoms with E-state index < -0.39 is 0 Å². The third kappa shape index (κ3) is 2.48. The summed E-state index contributed by atoms with van der Waals surface area (Å²) in [4.78, 5) is 0. The fourth-order valence-corrected chi connectivity index (χ4v) is 2.55. The molecule has 106 valence electrons. The minimum atomic E-state index is 0.243. The van der Waals surface area contributed by atoms with E-state index in [1.807, 2.05) is 48.7 Å². The third-order valence-electron chi connectivity index (χ3n) is 3.42. The van der Waals surface area contributed by atoms with Crippen LogP contribution in [0.3, 0.4) is 0 Å². The zero-order valence-electron chi connectivity index (χ0n) is 11.8. The second-order valence-corrected chi connectivity index (χ2v) is 5.41. The van der Waals surface area contributed by atoms with E-state index in [4.69, 9.17) is 12.2 Å². The number of H-pyrrole nitrogens is 1. The molecule has 1 heterocycles. The van der Waals surface area contributed by atoms with Gasteiger partial charge in [0.2, 0.25) is 0 Å². The lowest BCUT2D eigenvalue weighted by molar-refractivity contribution is 0.475. The Labute approximate surface area is 127 Å². The van der Waals surface area contributed by atoms with Crippen molar-refractivity contribution in [2.75, 3.05) is 0 Å². The number of aryl methyl sites for hydroxylation is 2. The summed E-state index contributed by atoms with van der Waals surface area (Å²) in [6, 6.07) is 13.3. The van der Waals surface area contributed by atoms with Crippen molar-refractivity contribution in [2.24, 2.45) is 0 Å². The van der Waals surface area contributed by atoms with E-state index in [1.54, 1.807) is 12.1 Å². The molecule has 5 heteroatoms. The van der Waals surface area contributed by atoms with Crippen LogP contribution in [0.2, 0.25) is 0 Å². The summed E-state index contributed by atoms with van der Waals surface area (Å²) in [5, 5.41) is 16.7. The van der Waals surface area contributed by atoms with Crippen LogP contribution in [0.15, 0.2) is 42.5 Å². The van der Waals surface area contributed by atoms with E-state index in [0.717, 1.165) is 22.6 Å². The Kier molecular flexibility index (Phi) is 3.35. The van der Waals surface area contributed by atoms with E-state index in [1.165, 1.54) is 5.56 Å². The van der Waals surface area contributed by atoms with Gasteiger partial charge in [-0.2, -0.15) is 5.10 Å². The van der Waals surface area contributed by atoms with E-state index in [-0.39, 0.29) is 5.75 Å². The highest BCUT2D eigenvalue weighted by Gasteiger charge is 2.13. The molecule has 0 unspecified atom stereocenters. The summed E-state index contributed by atoms with van der Waals surface area (Å²) in [6.45, 7) is 3.98. The molecule has 0 fully saturated rings. The van der Waals surface area contributed by atoms with Gasteiger partial charge < -0.3 is 5.11 Å². The zero-order chi connectivity index (χ0) is 15.0. The van der Waals surface area contributed by atoms with Gasteiger partial charge in [0, 0.05) is 11.3 Å². The smallest absolute Gasteiger partial charge is 0.200 e. The Morgan fingerprint density at radius 1 is 1.10 bits per heavy atom. The molecule has 3 rings (SSSR count). The van der Waals surface area contributed by atoms with Gasteiger partial charge >= 0.3 is 0 Å². The summed E-state index contributed by atoms with van der Waals surface area (Å²) >= 11 is 5.35. The Bertz CT molecular complexity index is 847. The number of rotatable bonds is 2. The lowest BCUT2D eigenvalue weighted by atomic mass is 10.1. The fraction of sp³-hybridized carbons (Fsp3) is 0.125. The van der Waals surface area contributed by atoms with Crippen LogP contribution < -0.4 is 0 Å². The zero-order valence-corrected chi connectivity index (χ0v) is 12.6. The highest BCUT2D eigenvalue weighted by molar-refractivity contribution is 7.71. The molecule has 4 nitrogen and oxygen atoms in total. The number of phenols is 1. The predicted molar refractivity (Wildman–Crippen MR) is 85.3 cm³/mol. The van der Waals surface area contributed by atoms with Crippen molar-refractivity contribution < 1.29 is 5.11 Å². The molecule has 2 aromatic carbocycles. The van der Waals surface area contributed by atoms with Crippen molar-refractivity contribution in [3.63, 3.8) is 0 Å². The van der Waals surface area contributed by atoms with E-state index >= 15 is 0 Å². The van der Waals surface area contributed by atoms with Crippen LogP contribution in [0.25, 0.3) is 17.1 Å². The van der Waals surface area contributed by atoms with Crippen LogP contribution in [0, 0.1) is 18.6 Å². The van der Waals surface area contributed by atoms with Crippen LogP contribution in [0.4, 0.5) is 0 Å². The van der Waals surface area contributed by atoms with Crippen molar-refractivity contribution in [1.82, 2.24) is 14.8 Å². The monoisotopic (exact) mass is 297 g/mol. The average molecular weight is 297 g/mol. The number of nitrogens with zero attached hydrogens (tertiary/aromatic N) is 2. The lowest BCUT2D eigenvalue weighted by Gasteiger charge is -2.09. The minimum absolute atomic E-state index is 0.243. The highest BCUT2D eigenvalue weighted by Crippen LogP contribution is 2.27. The highest BCUT2D eigenvalue weighted by atomic mass is 32.1. The number of hydrogen-bond donors (Lipinski definition) is 2. The number of aromatic nitrogens is 3. The van der Waals surface area contributed by atoms with Crippen molar-refractivity contribution in [1.29, 1.82) is 0 Å². The second kappa shape index (κ2) is 5.18. The molecule has 0 radical (unpaired) electrons. The van der Waals surface area contributed by atoms with E-state index in [0.29, 0.717) is 4.77 Å². The first-order valence-corrected chi connectivity index (χ1v) is 7.01. The molecule has 0 spiro atoms. The van der Waals surface area contributed by atoms with Gasteiger partial charge in [0.05, 0.1) is 0 Å². The summed E-state index contributed by atoms with van der Waals surface area (Å²) in [6.07, 6.45) is 0. The van der Waals surface area contributed by atoms with Crippen molar-refractivity contribution >= 4 is 12.2 Å². The first-order valence-electron chi connectivity index (χ1n) is 6.61. The fourth-order valence-electron chi connectivity index (χ4n) is 2.31. The minimum Gasteiger partial charge on any atom is -0.508 e. The van der Waals surface area contributed by atoms with Crippen molar-refractivity contribution in [3.05, 3.63) is 58.4 Å². The van der Waals surface area contributed by atoms with Gasteiger partial charge in [-0.3, -0.25) is 9.67 Å². The predicted octanol–water partition coefficient (Wildman–Crippen LogP) is 3.92. The molecule has 0 amide bonds. The molecule has 0 aliphatic heterocycles. The van der Waals surface area contributed by atoms with Crippen LogP contribution >= 0.6 is 12.2 Å². The van der Waals surface area contributed by atoms with E-state index in [9.17, 15) is 5.11 Å². The molecule has 0 atom stereocenters. The number of nitrogens with one attached hydrogen (secondary N) is 1. The largest absolute Gasteiger partial charge is 0.508 e. The number of benzene rings is 2. The molecule has 0 saturated carbocycles. The summed E-state index contributed by atoms with van der Waals surface area (Å²) in [5.74, 6) is 0.980. The maximum atomic E-state index is 9.55. The number of aromatic hydroxyl groups is 1. The Hall–Kier alpha value is -2.40. The molecular formula is C16H15N3OS. The van der Waals surface area contributed by atoms with Gasteiger partial charge in [0.15, 0.2) is 10.6 Å². The van der Waals surface area contributed by atoms with Crippen molar-refractivity contribution in [2.45, 2.75) is 13.8 Å². The first kappa shape index (κ1) is 13.6. The van der Waals surface area contributed by atoms with Crippen LogP contribution in [-0.2, 0) is 0 Å². The molecular weight excluding hydrogens is 282 g/mol.